The molecule has 3 atom stereocenters. The standard InChI is InChI=1S/C12H21NO3/c1-13-10(7-16-8-12(14)15)6-9-4-2-3-5-11(9)13/h9-11H,2-8H2,1H3,(H,14,15)/t9-,10-,11-/m0/s1. The summed E-state index contributed by atoms with van der Waals surface area (Å²) in [7, 11) is 2.16. The van der Waals surface area contributed by atoms with Gasteiger partial charge in [0.25, 0.3) is 0 Å². The summed E-state index contributed by atoms with van der Waals surface area (Å²) in [6.45, 7) is 0.398. The number of aliphatic carboxylic acids is 1. The fourth-order valence-electron chi connectivity index (χ4n) is 3.25. The molecule has 1 heterocycles. The van der Waals surface area contributed by atoms with Crippen LogP contribution in [0.3, 0.4) is 0 Å². The van der Waals surface area contributed by atoms with Gasteiger partial charge in [-0.15, -0.1) is 0 Å². The molecule has 2 fully saturated rings. The van der Waals surface area contributed by atoms with E-state index in [1.807, 2.05) is 0 Å². The molecule has 1 aliphatic carbocycles. The summed E-state index contributed by atoms with van der Waals surface area (Å²) in [4.78, 5) is 12.8. The van der Waals surface area contributed by atoms with Crippen LogP contribution in [0.25, 0.3) is 0 Å². The largest absolute Gasteiger partial charge is 0.480 e. The summed E-state index contributed by atoms with van der Waals surface area (Å²) >= 11 is 0. The van der Waals surface area contributed by atoms with E-state index in [1.54, 1.807) is 0 Å². The van der Waals surface area contributed by atoms with Crippen molar-refractivity contribution in [3.05, 3.63) is 0 Å². The van der Waals surface area contributed by atoms with Crippen LogP contribution in [0.1, 0.15) is 32.1 Å². The third-order valence-electron chi connectivity index (χ3n) is 4.08. The zero-order valence-electron chi connectivity index (χ0n) is 9.89. The first-order valence-corrected chi connectivity index (χ1v) is 6.20. The summed E-state index contributed by atoms with van der Waals surface area (Å²) in [6, 6.07) is 1.14. The van der Waals surface area contributed by atoms with Crippen LogP contribution >= 0.6 is 0 Å². The Balaban J connectivity index is 1.80. The summed E-state index contributed by atoms with van der Waals surface area (Å²) in [5, 5.41) is 8.52. The van der Waals surface area contributed by atoms with E-state index >= 15 is 0 Å². The second kappa shape index (κ2) is 5.15. The maximum Gasteiger partial charge on any atom is 0.329 e. The van der Waals surface area contributed by atoms with Gasteiger partial charge in [-0.05, 0) is 32.2 Å². The van der Waals surface area contributed by atoms with Crippen LogP contribution in [0.15, 0.2) is 0 Å². The Morgan fingerprint density at radius 1 is 1.44 bits per heavy atom. The Labute approximate surface area is 96.6 Å². The van der Waals surface area contributed by atoms with Crippen molar-refractivity contribution in [3.8, 4) is 0 Å². The lowest BCUT2D eigenvalue weighted by atomic mass is 9.85. The van der Waals surface area contributed by atoms with Gasteiger partial charge >= 0.3 is 5.97 Å². The minimum atomic E-state index is -0.877. The molecule has 4 nitrogen and oxygen atoms in total. The quantitative estimate of drug-likeness (QED) is 0.787. The van der Waals surface area contributed by atoms with Crippen molar-refractivity contribution in [2.45, 2.75) is 44.2 Å². The molecule has 0 aromatic heterocycles. The molecule has 2 aliphatic rings. The summed E-state index contributed by atoms with van der Waals surface area (Å²) in [5.74, 6) is -0.0600. The van der Waals surface area contributed by atoms with E-state index < -0.39 is 5.97 Å². The summed E-state index contributed by atoms with van der Waals surface area (Å²) in [6.07, 6.45) is 6.52. The molecule has 0 spiro atoms. The fourth-order valence-corrected chi connectivity index (χ4v) is 3.25. The Kier molecular flexibility index (Phi) is 3.82. The van der Waals surface area contributed by atoms with Crippen LogP contribution in [0.5, 0.6) is 0 Å². The van der Waals surface area contributed by atoms with Gasteiger partial charge in [0.2, 0.25) is 0 Å². The highest BCUT2D eigenvalue weighted by atomic mass is 16.5. The third-order valence-corrected chi connectivity index (χ3v) is 4.08. The SMILES string of the molecule is CN1[C@H](COCC(=O)O)C[C@@H]2CCCC[C@@H]21. The van der Waals surface area contributed by atoms with Gasteiger partial charge in [-0.1, -0.05) is 12.8 Å². The van der Waals surface area contributed by atoms with Crippen LogP contribution in [-0.2, 0) is 9.53 Å². The number of carboxylic acid groups (broad SMARTS) is 1. The van der Waals surface area contributed by atoms with Crippen LogP contribution in [-0.4, -0.2) is 48.3 Å². The highest BCUT2D eigenvalue weighted by Crippen LogP contribution is 2.38. The Bertz CT molecular complexity index is 257. The number of carboxylic acids is 1. The van der Waals surface area contributed by atoms with Crippen molar-refractivity contribution in [3.63, 3.8) is 0 Å². The molecule has 4 heteroatoms. The zero-order valence-corrected chi connectivity index (χ0v) is 9.89. The van der Waals surface area contributed by atoms with E-state index in [-0.39, 0.29) is 6.61 Å². The van der Waals surface area contributed by atoms with Gasteiger partial charge < -0.3 is 9.84 Å². The van der Waals surface area contributed by atoms with Gasteiger partial charge in [0.15, 0.2) is 0 Å². The highest BCUT2D eigenvalue weighted by molar-refractivity contribution is 5.67. The number of hydrogen-bond donors (Lipinski definition) is 1. The van der Waals surface area contributed by atoms with Crippen molar-refractivity contribution >= 4 is 5.97 Å². The lowest BCUT2D eigenvalue weighted by Crippen LogP contribution is -2.37. The van der Waals surface area contributed by atoms with Gasteiger partial charge in [0.1, 0.15) is 6.61 Å². The van der Waals surface area contributed by atoms with Crippen molar-refractivity contribution in [2.24, 2.45) is 5.92 Å². The number of fused-ring (bicyclic) bond motifs is 1. The molecule has 0 bridgehead atoms. The van der Waals surface area contributed by atoms with Crippen LogP contribution in [0.4, 0.5) is 0 Å². The lowest BCUT2D eigenvalue weighted by molar-refractivity contribution is -0.142. The Morgan fingerprint density at radius 2 is 2.19 bits per heavy atom. The lowest BCUT2D eigenvalue weighted by Gasteiger charge is -2.30. The molecule has 0 unspecified atom stereocenters. The van der Waals surface area contributed by atoms with Crippen molar-refractivity contribution in [1.82, 2.24) is 4.90 Å². The molecular formula is C12H21NO3. The number of likely N-dealkylation sites (N-methyl/N-ethyl adjacent to an activating group) is 1. The smallest absolute Gasteiger partial charge is 0.329 e. The Hall–Kier alpha value is -0.610. The number of ether oxygens (including phenoxy) is 1. The van der Waals surface area contributed by atoms with Crippen molar-refractivity contribution in [1.29, 1.82) is 0 Å². The van der Waals surface area contributed by atoms with E-state index in [1.165, 1.54) is 32.1 Å². The highest BCUT2D eigenvalue weighted by Gasteiger charge is 2.39. The Morgan fingerprint density at radius 3 is 2.88 bits per heavy atom. The molecule has 92 valence electrons. The van der Waals surface area contributed by atoms with Gasteiger partial charge in [-0.3, -0.25) is 4.90 Å². The molecule has 1 aliphatic heterocycles. The van der Waals surface area contributed by atoms with E-state index in [4.69, 9.17) is 9.84 Å². The number of rotatable bonds is 4. The molecule has 1 saturated carbocycles. The molecule has 0 amide bonds. The summed E-state index contributed by atoms with van der Waals surface area (Å²) in [5.41, 5.74) is 0. The van der Waals surface area contributed by atoms with Gasteiger partial charge in [-0.25, -0.2) is 4.79 Å². The van der Waals surface area contributed by atoms with Crippen molar-refractivity contribution < 1.29 is 14.6 Å². The van der Waals surface area contributed by atoms with Gasteiger partial charge in [0, 0.05) is 12.1 Å². The topological polar surface area (TPSA) is 49.8 Å². The van der Waals surface area contributed by atoms with Crippen molar-refractivity contribution in [2.75, 3.05) is 20.3 Å². The molecule has 0 aromatic carbocycles. The van der Waals surface area contributed by atoms with Crippen LogP contribution in [0.2, 0.25) is 0 Å². The van der Waals surface area contributed by atoms with Crippen LogP contribution in [0, 0.1) is 5.92 Å². The van der Waals surface area contributed by atoms with E-state index in [0.29, 0.717) is 18.7 Å². The predicted molar refractivity (Wildman–Crippen MR) is 60.4 cm³/mol. The minimum absolute atomic E-state index is 0.167. The van der Waals surface area contributed by atoms with Gasteiger partial charge in [0.05, 0.1) is 6.61 Å². The molecule has 0 radical (unpaired) electrons. The number of hydrogen-bond acceptors (Lipinski definition) is 3. The van der Waals surface area contributed by atoms with Crippen LogP contribution < -0.4 is 0 Å². The normalized spacial score (nSPS) is 34.9. The molecule has 1 saturated heterocycles. The first kappa shape index (κ1) is 11.9. The van der Waals surface area contributed by atoms with E-state index in [0.717, 1.165) is 5.92 Å². The second-order valence-corrected chi connectivity index (χ2v) is 5.08. The average Bonchev–Trinajstić information content (AvgIpc) is 2.56. The molecule has 1 N–H and O–H groups in total. The monoisotopic (exact) mass is 227 g/mol. The summed E-state index contributed by atoms with van der Waals surface area (Å²) < 4.78 is 5.21. The minimum Gasteiger partial charge on any atom is -0.480 e. The first-order valence-electron chi connectivity index (χ1n) is 6.20. The average molecular weight is 227 g/mol. The molecule has 16 heavy (non-hydrogen) atoms. The molecular weight excluding hydrogens is 206 g/mol. The zero-order chi connectivity index (χ0) is 11.5. The van der Waals surface area contributed by atoms with Gasteiger partial charge in [-0.2, -0.15) is 0 Å². The van der Waals surface area contributed by atoms with E-state index in [2.05, 4.69) is 11.9 Å². The predicted octanol–water partition coefficient (Wildman–Crippen LogP) is 1.35. The second-order valence-electron chi connectivity index (χ2n) is 5.08. The maximum absolute atomic E-state index is 10.4. The number of carbonyl (C=O) groups is 1. The maximum atomic E-state index is 10.4. The number of likely N-dealkylation sites (tertiary alicyclic amines) is 1. The first-order chi connectivity index (χ1) is 7.68. The van der Waals surface area contributed by atoms with E-state index in [9.17, 15) is 4.79 Å². The fraction of sp³-hybridized carbons (Fsp3) is 0.917. The molecule has 0 aromatic rings. The third kappa shape index (κ3) is 2.55. The number of nitrogens with zero attached hydrogens (tertiary/aromatic N) is 1. The molecule has 2 rings (SSSR count).